The van der Waals surface area contributed by atoms with Crippen LogP contribution < -0.4 is 20.1 Å². The average molecular weight is 389 g/mol. The zero-order valence-corrected chi connectivity index (χ0v) is 16.8. The number of methoxy groups -OCH3 is 2. The van der Waals surface area contributed by atoms with Gasteiger partial charge in [0.05, 0.1) is 19.9 Å². The van der Waals surface area contributed by atoms with Crippen molar-refractivity contribution in [2.75, 3.05) is 32.6 Å². The van der Waals surface area contributed by atoms with Crippen LogP contribution in [0, 0.1) is 5.92 Å². The fraction of sp³-hybridized carbons (Fsp3) is 0.619. The van der Waals surface area contributed by atoms with Crippen LogP contribution in [0.2, 0.25) is 0 Å². The first-order valence-electron chi connectivity index (χ1n) is 10.2. The number of carbonyl (C=O) groups is 2. The van der Waals surface area contributed by atoms with E-state index in [2.05, 4.69) is 10.6 Å². The van der Waals surface area contributed by atoms with Crippen LogP contribution in [0.3, 0.4) is 0 Å². The largest absolute Gasteiger partial charge is 0.497 e. The number of benzene rings is 1. The summed E-state index contributed by atoms with van der Waals surface area (Å²) in [4.78, 5) is 26.8. The number of carbonyl (C=O) groups excluding carboxylic acids is 2. The van der Waals surface area contributed by atoms with Crippen LogP contribution in [0.25, 0.3) is 0 Å². The molecule has 7 heteroatoms. The Bertz CT molecular complexity index is 680. The lowest BCUT2D eigenvalue weighted by Gasteiger charge is -2.33. The zero-order valence-electron chi connectivity index (χ0n) is 16.8. The molecule has 1 aliphatic heterocycles. The predicted molar refractivity (Wildman–Crippen MR) is 108 cm³/mol. The lowest BCUT2D eigenvalue weighted by atomic mass is 9.88. The molecule has 1 heterocycles. The van der Waals surface area contributed by atoms with E-state index in [1.807, 2.05) is 0 Å². The lowest BCUT2D eigenvalue weighted by molar-refractivity contribution is -0.126. The third kappa shape index (κ3) is 5.09. The molecule has 0 spiro atoms. The van der Waals surface area contributed by atoms with Crippen molar-refractivity contribution in [2.45, 2.75) is 51.0 Å². The first-order chi connectivity index (χ1) is 13.6. The topological polar surface area (TPSA) is 79.9 Å². The molecule has 3 rings (SSSR count). The summed E-state index contributed by atoms with van der Waals surface area (Å²) in [5.74, 6) is 1.61. The third-order valence-electron chi connectivity index (χ3n) is 5.75. The van der Waals surface area contributed by atoms with Crippen LogP contribution >= 0.6 is 0 Å². The summed E-state index contributed by atoms with van der Waals surface area (Å²) in [6.07, 6.45) is 7.14. The van der Waals surface area contributed by atoms with Gasteiger partial charge in [-0.15, -0.1) is 0 Å². The minimum atomic E-state index is -0.163. The molecule has 0 bridgehead atoms. The summed E-state index contributed by atoms with van der Waals surface area (Å²) in [5.41, 5.74) is 0.583. The van der Waals surface area contributed by atoms with Gasteiger partial charge in [0.25, 0.3) is 0 Å². The Morgan fingerprint density at radius 1 is 1.00 bits per heavy atom. The van der Waals surface area contributed by atoms with E-state index < -0.39 is 0 Å². The van der Waals surface area contributed by atoms with Crippen LogP contribution in [0.15, 0.2) is 18.2 Å². The molecule has 1 aromatic carbocycles. The van der Waals surface area contributed by atoms with Crippen molar-refractivity contribution in [3.05, 3.63) is 18.2 Å². The van der Waals surface area contributed by atoms with Gasteiger partial charge in [0.15, 0.2) is 0 Å². The Balaban J connectivity index is 1.49. The summed E-state index contributed by atoms with van der Waals surface area (Å²) in [7, 11) is 3.15. The minimum Gasteiger partial charge on any atom is -0.497 e. The molecule has 1 saturated heterocycles. The number of urea groups is 1. The molecule has 3 amide bonds. The molecule has 2 aliphatic rings. The first-order valence-corrected chi connectivity index (χ1v) is 10.2. The van der Waals surface area contributed by atoms with E-state index >= 15 is 0 Å². The Kier molecular flexibility index (Phi) is 7.01. The lowest BCUT2D eigenvalue weighted by Crippen LogP contribution is -2.49. The highest BCUT2D eigenvalue weighted by Gasteiger charge is 2.27. The number of nitrogens with zero attached hydrogens (tertiary/aromatic N) is 1. The van der Waals surface area contributed by atoms with Crippen LogP contribution in [0.5, 0.6) is 11.5 Å². The van der Waals surface area contributed by atoms with Gasteiger partial charge in [-0.25, -0.2) is 4.79 Å². The maximum absolute atomic E-state index is 12.6. The summed E-state index contributed by atoms with van der Waals surface area (Å²) in [6.45, 7) is 1.24. The number of hydrogen-bond acceptors (Lipinski definition) is 4. The molecule has 2 fully saturated rings. The molecule has 2 N–H and O–H groups in total. The molecule has 0 aromatic heterocycles. The average Bonchev–Trinajstić information content (AvgIpc) is 2.74. The highest BCUT2D eigenvalue weighted by atomic mass is 16.5. The molecule has 1 aromatic rings. The Labute approximate surface area is 166 Å². The van der Waals surface area contributed by atoms with Gasteiger partial charge in [-0.1, -0.05) is 19.3 Å². The van der Waals surface area contributed by atoms with E-state index in [0.717, 1.165) is 38.5 Å². The van der Waals surface area contributed by atoms with Gasteiger partial charge in [-0.2, -0.15) is 0 Å². The first kappa shape index (κ1) is 20.3. The van der Waals surface area contributed by atoms with Crippen LogP contribution in [0.4, 0.5) is 10.5 Å². The van der Waals surface area contributed by atoms with E-state index in [1.165, 1.54) is 6.42 Å². The van der Waals surface area contributed by atoms with E-state index in [1.54, 1.807) is 37.3 Å². The van der Waals surface area contributed by atoms with Gasteiger partial charge >= 0.3 is 6.03 Å². The third-order valence-corrected chi connectivity index (χ3v) is 5.75. The normalized spacial score (nSPS) is 18.4. The number of hydrogen-bond donors (Lipinski definition) is 2. The summed E-state index contributed by atoms with van der Waals surface area (Å²) in [5, 5.41) is 6.11. The molecular weight excluding hydrogens is 358 g/mol. The van der Waals surface area contributed by atoms with Crippen LogP contribution in [-0.2, 0) is 4.79 Å². The quantitative estimate of drug-likeness (QED) is 0.809. The monoisotopic (exact) mass is 389 g/mol. The van der Waals surface area contributed by atoms with Gasteiger partial charge in [-0.3, -0.25) is 4.79 Å². The number of amides is 3. The molecule has 1 saturated carbocycles. The van der Waals surface area contributed by atoms with Gasteiger partial charge < -0.3 is 25.0 Å². The van der Waals surface area contributed by atoms with Crippen LogP contribution in [-0.4, -0.2) is 50.2 Å². The molecule has 7 nitrogen and oxygen atoms in total. The minimum absolute atomic E-state index is 0.157. The van der Waals surface area contributed by atoms with E-state index in [0.29, 0.717) is 30.3 Å². The van der Waals surface area contributed by atoms with Crippen molar-refractivity contribution in [2.24, 2.45) is 5.92 Å². The maximum atomic E-state index is 12.6. The maximum Gasteiger partial charge on any atom is 0.321 e. The summed E-state index contributed by atoms with van der Waals surface area (Å²) >= 11 is 0. The number of nitrogens with one attached hydrogen (secondary N) is 2. The molecule has 0 radical (unpaired) electrons. The van der Waals surface area contributed by atoms with Gasteiger partial charge in [0.1, 0.15) is 11.5 Å². The molecule has 154 valence electrons. The van der Waals surface area contributed by atoms with Gasteiger partial charge in [-0.05, 0) is 37.8 Å². The second-order valence-corrected chi connectivity index (χ2v) is 7.60. The second kappa shape index (κ2) is 9.66. The van der Waals surface area contributed by atoms with Crippen molar-refractivity contribution >= 4 is 17.6 Å². The fourth-order valence-electron chi connectivity index (χ4n) is 4.02. The zero-order chi connectivity index (χ0) is 19.9. The van der Waals surface area contributed by atoms with E-state index in [9.17, 15) is 9.59 Å². The van der Waals surface area contributed by atoms with Gasteiger partial charge in [0, 0.05) is 31.1 Å². The second-order valence-electron chi connectivity index (χ2n) is 7.60. The summed E-state index contributed by atoms with van der Waals surface area (Å²) < 4.78 is 10.5. The SMILES string of the molecule is COc1ccc(OC)c(NC(=O)N2CCC(NC(=O)C3CCCCC3)CC2)c1. The smallest absolute Gasteiger partial charge is 0.321 e. The predicted octanol–water partition coefficient (Wildman–Crippen LogP) is 3.40. The highest BCUT2D eigenvalue weighted by molar-refractivity contribution is 5.91. The van der Waals surface area contributed by atoms with Crippen LogP contribution in [0.1, 0.15) is 44.9 Å². The molecule has 0 unspecified atom stereocenters. The standard InChI is InChI=1S/C21H31N3O4/c1-27-17-8-9-19(28-2)18(14-17)23-21(26)24-12-10-16(11-13-24)22-20(25)15-6-4-3-5-7-15/h8-9,14-16H,3-7,10-13H2,1-2H3,(H,22,25)(H,23,26). The van der Waals surface area contributed by atoms with E-state index in [-0.39, 0.29) is 23.9 Å². The van der Waals surface area contributed by atoms with E-state index in [4.69, 9.17) is 9.47 Å². The molecule has 1 aliphatic carbocycles. The Hall–Kier alpha value is -2.44. The number of piperidine rings is 1. The molecular formula is C21H31N3O4. The number of anilines is 1. The van der Waals surface area contributed by atoms with Crippen molar-refractivity contribution in [3.63, 3.8) is 0 Å². The number of ether oxygens (including phenoxy) is 2. The Morgan fingerprint density at radius 2 is 1.71 bits per heavy atom. The molecule has 0 atom stereocenters. The molecule has 28 heavy (non-hydrogen) atoms. The van der Waals surface area contributed by atoms with Crippen molar-refractivity contribution in [3.8, 4) is 11.5 Å². The number of rotatable bonds is 5. The Morgan fingerprint density at radius 3 is 2.36 bits per heavy atom. The van der Waals surface area contributed by atoms with Gasteiger partial charge in [0.2, 0.25) is 5.91 Å². The number of likely N-dealkylation sites (tertiary alicyclic amines) is 1. The highest BCUT2D eigenvalue weighted by Crippen LogP contribution is 2.29. The van der Waals surface area contributed by atoms with Crippen molar-refractivity contribution in [1.29, 1.82) is 0 Å². The fourth-order valence-corrected chi connectivity index (χ4v) is 4.02. The van der Waals surface area contributed by atoms with Crippen molar-refractivity contribution in [1.82, 2.24) is 10.2 Å². The summed E-state index contributed by atoms with van der Waals surface area (Å²) in [6, 6.07) is 5.29. The van der Waals surface area contributed by atoms with Crippen molar-refractivity contribution < 1.29 is 19.1 Å².